The van der Waals surface area contributed by atoms with Gasteiger partial charge in [0.15, 0.2) is 0 Å². The number of halogens is 1. The van der Waals surface area contributed by atoms with Gasteiger partial charge in [-0.2, -0.15) is 0 Å². The van der Waals surface area contributed by atoms with E-state index in [2.05, 4.69) is 12.1 Å². The number of aromatic hydroxyl groups is 1. The third-order valence-electron chi connectivity index (χ3n) is 6.12. The molecule has 1 saturated heterocycles. The smallest absolute Gasteiger partial charge is 0.254 e. The van der Waals surface area contributed by atoms with Gasteiger partial charge >= 0.3 is 0 Å². The Morgan fingerprint density at radius 3 is 2.53 bits per heavy atom. The molecular formula is C27H27ClN2O4. The molecule has 0 radical (unpaired) electrons. The number of phenols is 1. The minimum atomic E-state index is -0.193. The molecule has 0 unspecified atom stereocenters. The molecule has 0 aliphatic carbocycles. The Labute approximate surface area is 204 Å². The van der Waals surface area contributed by atoms with Gasteiger partial charge in [0.25, 0.3) is 5.91 Å². The molecule has 34 heavy (non-hydrogen) atoms. The number of ether oxygens (including phenoxy) is 1. The van der Waals surface area contributed by atoms with Crippen LogP contribution in [-0.4, -0.2) is 53.0 Å². The van der Waals surface area contributed by atoms with E-state index in [0.717, 1.165) is 6.42 Å². The van der Waals surface area contributed by atoms with Crippen LogP contribution in [0.4, 0.5) is 0 Å². The molecule has 0 saturated carbocycles. The van der Waals surface area contributed by atoms with Crippen LogP contribution in [-0.2, 0) is 17.8 Å². The van der Waals surface area contributed by atoms with E-state index in [1.807, 2.05) is 18.2 Å². The molecule has 1 heterocycles. The van der Waals surface area contributed by atoms with E-state index in [0.29, 0.717) is 34.9 Å². The van der Waals surface area contributed by atoms with Crippen LogP contribution in [0.1, 0.15) is 27.9 Å². The molecule has 3 aromatic rings. The van der Waals surface area contributed by atoms with Gasteiger partial charge in [0, 0.05) is 23.7 Å². The fourth-order valence-corrected chi connectivity index (χ4v) is 4.43. The van der Waals surface area contributed by atoms with Crippen molar-refractivity contribution in [2.45, 2.75) is 25.4 Å². The Morgan fingerprint density at radius 1 is 1.09 bits per heavy atom. The maximum Gasteiger partial charge on any atom is 0.254 e. The van der Waals surface area contributed by atoms with Gasteiger partial charge in [-0.15, -0.1) is 0 Å². The van der Waals surface area contributed by atoms with Crippen LogP contribution in [0.5, 0.6) is 11.5 Å². The Hall–Kier alpha value is -3.51. The van der Waals surface area contributed by atoms with Gasteiger partial charge in [0.1, 0.15) is 18.0 Å². The van der Waals surface area contributed by atoms with E-state index in [4.69, 9.17) is 16.3 Å². The highest BCUT2D eigenvalue weighted by molar-refractivity contribution is 6.31. The second-order valence-electron chi connectivity index (χ2n) is 8.39. The number of piperazine rings is 1. The Bertz CT molecular complexity index is 1150. The standard InChI is InChI=1S/C27H27ClN2O4/c1-34-24-12-8-20(9-13-24)27(33)29-17-22(10-7-19-5-3-2-4-6-19)30(26(32)18-29)16-21-15-23(31)11-14-25(21)28/h2-6,8-9,11-15,22,31H,7,10,16-18H2,1H3/t22-/m0/s1. The summed E-state index contributed by atoms with van der Waals surface area (Å²) in [5.74, 6) is 0.434. The molecule has 0 spiro atoms. The average molecular weight is 479 g/mol. The van der Waals surface area contributed by atoms with E-state index in [1.165, 1.54) is 11.6 Å². The summed E-state index contributed by atoms with van der Waals surface area (Å²) in [6, 6.07) is 21.5. The number of rotatable bonds is 7. The van der Waals surface area contributed by atoms with Crippen molar-refractivity contribution in [3.8, 4) is 11.5 Å². The van der Waals surface area contributed by atoms with Crippen molar-refractivity contribution >= 4 is 23.4 Å². The molecule has 1 N–H and O–H groups in total. The van der Waals surface area contributed by atoms with Gasteiger partial charge in [-0.3, -0.25) is 9.59 Å². The van der Waals surface area contributed by atoms with Crippen LogP contribution in [0.3, 0.4) is 0 Å². The second-order valence-corrected chi connectivity index (χ2v) is 8.80. The minimum absolute atomic E-state index is 0.0108. The largest absolute Gasteiger partial charge is 0.508 e. The van der Waals surface area contributed by atoms with Crippen molar-refractivity contribution in [3.05, 3.63) is 94.5 Å². The van der Waals surface area contributed by atoms with Crippen molar-refractivity contribution in [2.24, 2.45) is 0 Å². The number of methoxy groups -OCH3 is 1. The fraction of sp³-hybridized carbons (Fsp3) is 0.259. The molecule has 7 heteroatoms. The number of carbonyl (C=O) groups excluding carboxylic acids is 2. The van der Waals surface area contributed by atoms with Gasteiger partial charge in [-0.25, -0.2) is 0 Å². The molecule has 1 aliphatic heterocycles. The highest BCUT2D eigenvalue weighted by Gasteiger charge is 2.35. The highest BCUT2D eigenvalue weighted by Crippen LogP contribution is 2.27. The zero-order chi connectivity index (χ0) is 24.1. The third kappa shape index (κ3) is 5.51. The number of hydrogen-bond acceptors (Lipinski definition) is 4. The molecular weight excluding hydrogens is 452 g/mol. The number of amides is 2. The summed E-state index contributed by atoms with van der Waals surface area (Å²) >= 11 is 6.34. The number of aryl methyl sites for hydroxylation is 1. The highest BCUT2D eigenvalue weighted by atomic mass is 35.5. The van der Waals surface area contributed by atoms with E-state index in [9.17, 15) is 14.7 Å². The van der Waals surface area contributed by atoms with Crippen LogP contribution in [0.2, 0.25) is 5.02 Å². The van der Waals surface area contributed by atoms with Crippen molar-refractivity contribution in [3.63, 3.8) is 0 Å². The second kappa shape index (κ2) is 10.6. The number of hydrogen-bond donors (Lipinski definition) is 1. The topological polar surface area (TPSA) is 70.1 Å². The van der Waals surface area contributed by atoms with Crippen LogP contribution in [0.15, 0.2) is 72.8 Å². The predicted molar refractivity (Wildman–Crippen MR) is 131 cm³/mol. The minimum Gasteiger partial charge on any atom is -0.508 e. The summed E-state index contributed by atoms with van der Waals surface area (Å²) in [5, 5.41) is 10.4. The zero-order valence-electron chi connectivity index (χ0n) is 19.0. The van der Waals surface area contributed by atoms with Crippen LogP contribution in [0.25, 0.3) is 0 Å². The average Bonchev–Trinajstić information content (AvgIpc) is 2.86. The van der Waals surface area contributed by atoms with Crippen molar-refractivity contribution in [1.29, 1.82) is 0 Å². The molecule has 1 aliphatic rings. The first kappa shape index (κ1) is 23.6. The first-order valence-corrected chi connectivity index (χ1v) is 11.6. The summed E-state index contributed by atoms with van der Waals surface area (Å²) < 4.78 is 5.18. The SMILES string of the molecule is COc1ccc(C(=O)N2CC(=O)N(Cc3cc(O)ccc3Cl)[C@@H](CCc3ccccc3)C2)cc1. The van der Waals surface area contributed by atoms with Crippen LogP contribution in [0, 0.1) is 0 Å². The van der Waals surface area contributed by atoms with Gasteiger partial charge in [0.2, 0.25) is 5.91 Å². The number of carbonyl (C=O) groups is 2. The number of phenolic OH excluding ortho intramolecular Hbond substituents is 1. The monoisotopic (exact) mass is 478 g/mol. The lowest BCUT2D eigenvalue weighted by atomic mass is 10.00. The Morgan fingerprint density at radius 2 is 1.82 bits per heavy atom. The lowest BCUT2D eigenvalue weighted by Crippen LogP contribution is -2.57. The van der Waals surface area contributed by atoms with E-state index in [-0.39, 0.29) is 36.7 Å². The van der Waals surface area contributed by atoms with Gasteiger partial charge < -0.3 is 19.6 Å². The number of benzene rings is 3. The van der Waals surface area contributed by atoms with Gasteiger partial charge in [0.05, 0.1) is 13.2 Å². The first-order chi connectivity index (χ1) is 16.4. The maximum absolute atomic E-state index is 13.3. The molecule has 1 atom stereocenters. The predicted octanol–water partition coefficient (Wildman–Crippen LogP) is 4.54. The summed E-state index contributed by atoms with van der Waals surface area (Å²) in [6.07, 6.45) is 1.46. The van der Waals surface area contributed by atoms with Crippen molar-refractivity contribution in [2.75, 3.05) is 20.2 Å². The van der Waals surface area contributed by atoms with Crippen molar-refractivity contribution in [1.82, 2.24) is 9.80 Å². The summed E-state index contributed by atoms with van der Waals surface area (Å²) in [5.41, 5.74) is 2.36. The van der Waals surface area contributed by atoms with Gasteiger partial charge in [-0.1, -0.05) is 41.9 Å². The lowest BCUT2D eigenvalue weighted by molar-refractivity contribution is -0.139. The van der Waals surface area contributed by atoms with Gasteiger partial charge in [-0.05, 0) is 66.4 Å². The molecule has 0 aromatic heterocycles. The quantitative estimate of drug-likeness (QED) is 0.541. The van der Waals surface area contributed by atoms with E-state index < -0.39 is 0 Å². The van der Waals surface area contributed by atoms with E-state index in [1.54, 1.807) is 53.3 Å². The molecule has 4 rings (SSSR count). The summed E-state index contributed by atoms with van der Waals surface area (Å²) in [7, 11) is 1.57. The van der Waals surface area contributed by atoms with Crippen LogP contribution >= 0.6 is 11.6 Å². The molecule has 2 amide bonds. The van der Waals surface area contributed by atoms with Crippen LogP contribution < -0.4 is 4.74 Å². The number of nitrogens with zero attached hydrogens (tertiary/aromatic N) is 2. The summed E-state index contributed by atoms with van der Waals surface area (Å²) in [6.45, 7) is 0.680. The first-order valence-electron chi connectivity index (χ1n) is 11.2. The fourth-order valence-electron chi connectivity index (χ4n) is 4.25. The third-order valence-corrected chi connectivity index (χ3v) is 6.49. The van der Waals surface area contributed by atoms with Crippen molar-refractivity contribution < 1.29 is 19.4 Å². The molecule has 176 valence electrons. The molecule has 3 aromatic carbocycles. The molecule has 6 nitrogen and oxygen atoms in total. The summed E-state index contributed by atoms with van der Waals surface area (Å²) in [4.78, 5) is 29.8. The van der Waals surface area contributed by atoms with E-state index >= 15 is 0 Å². The zero-order valence-corrected chi connectivity index (χ0v) is 19.7. The normalized spacial score (nSPS) is 15.9. The molecule has 0 bridgehead atoms. The maximum atomic E-state index is 13.3. The Balaban J connectivity index is 1.56. The lowest BCUT2D eigenvalue weighted by Gasteiger charge is -2.41. The Kier molecular flexibility index (Phi) is 7.38. The molecule has 1 fully saturated rings.